The SMILES string of the molecule is O=C(Nc1cccc(COCc2ccco2)c1)c1ccc(-n2ccc(C(F)(F)F)n2)cc1. The van der Waals surface area contributed by atoms with Gasteiger partial charge >= 0.3 is 6.18 Å². The molecule has 2 aromatic heterocycles. The number of nitrogens with zero attached hydrogens (tertiary/aromatic N) is 2. The summed E-state index contributed by atoms with van der Waals surface area (Å²) in [6, 6.07) is 17.9. The summed E-state index contributed by atoms with van der Waals surface area (Å²) in [4.78, 5) is 12.6. The summed E-state index contributed by atoms with van der Waals surface area (Å²) in [7, 11) is 0. The van der Waals surface area contributed by atoms with Crippen LogP contribution in [0.25, 0.3) is 5.69 Å². The van der Waals surface area contributed by atoms with Gasteiger partial charge < -0.3 is 14.5 Å². The van der Waals surface area contributed by atoms with Crippen molar-refractivity contribution in [3.05, 3.63) is 102 Å². The first-order valence-corrected chi connectivity index (χ1v) is 9.62. The molecular weight excluding hydrogens is 423 g/mol. The van der Waals surface area contributed by atoms with Crippen molar-refractivity contribution >= 4 is 11.6 Å². The summed E-state index contributed by atoms with van der Waals surface area (Å²) in [5, 5.41) is 6.32. The predicted molar refractivity (Wildman–Crippen MR) is 110 cm³/mol. The molecule has 0 aliphatic heterocycles. The Labute approximate surface area is 181 Å². The molecule has 0 unspecified atom stereocenters. The molecule has 0 radical (unpaired) electrons. The number of anilines is 1. The van der Waals surface area contributed by atoms with Crippen LogP contribution in [0.4, 0.5) is 18.9 Å². The average Bonchev–Trinajstić information content (AvgIpc) is 3.46. The van der Waals surface area contributed by atoms with Gasteiger partial charge in [-0.1, -0.05) is 12.1 Å². The van der Waals surface area contributed by atoms with Crippen molar-refractivity contribution in [2.75, 3.05) is 5.32 Å². The van der Waals surface area contributed by atoms with E-state index in [1.807, 2.05) is 12.1 Å². The lowest BCUT2D eigenvalue weighted by atomic mass is 10.1. The Bertz CT molecular complexity index is 1180. The Morgan fingerprint density at radius 3 is 2.53 bits per heavy atom. The summed E-state index contributed by atoms with van der Waals surface area (Å²) in [5.41, 5.74) is 1.26. The van der Waals surface area contributed by atoms with E-state index in [0.29, 0.717) is 30.2 Å². The van der Waals surface area contributed by atoms with Gasteiger partial charge in [-0.15, -0.1) is 0 Å². The molecule has 2 aromatic carbocycles. The molecule has 32 heavy (non-hydrogen) atoms. The molecule has 1 N–H and O–H groups in total. The minimum absolute atomic E-state index is 0.344. The molecule has 4 aromatic rings. The van der Waals surface area contributed by atoms with Crippen LogP contribution in [-0.4, -0.2) is 15.7 Å². The third-order valence-electron chi connectivity index (χ3n) is 4.55. The van der Waals surface area contributed by atoms with Crippen molar-refractivity contribution in [1.82, 2.24) is 9.78 Å². The van der Waals surface area contributed by atoms with E-state index in [0.717, 1.165) is 22.1 Å². The van der Waals surface area contributed by atoms with Gasteiger partial charge in [-0.05, 0) is 60.2 Å². The van der Waals surface area contributed by atoms with Crippen LogP contribution >= 0.6 is 0 Å². The summed E-state index contributed by atoms with van der Waals surface area (Å²) in [6.07, 6.45) is -1.71. The lowest BCUT2D eigenvalue weighted by Gasteiger charge is -2.09. The fourth-order valence-corrected chi connectivity index (χ4v) is 2.99. The van der Waals surface area contributed by atoms with E-state index in [1.165, 1.54) is 30.5 Å². The van der Waals surface area contributed by atoms with Gasteiger partial charge in [-0.2, -0.15) is 18.3 Å². The number of ether oxygens (including phenoxy) is 1. The number of aromatic nitrogens is 2. The smallest absolute Gasteiger partial charge is 0.435 e. The maximum Gasteiger partial charge on any atom is 0.435 e. The molecular formula is C23H18F3N3O3. The number of amides is 1. The highest BCUT2D eigenvalue weighted by molar-refractivity contribution is 6.04. The Balaban J connectivity index is 1.37. The van der Waals surface area contributed by atoms with Gasteiger partial charge in [0.1, 0.15) is 12.4 Å². The zero-order valence-corrected chi connectivity index (χ0v) is 16.7. The third-order valence-corrected chi connectivity index (χ3v) is 4.55. The summed E-state index contributed by atoms with van der Waals surface area (Å²) in [5.74, 6) is 0.379. The number of nitrogens with one attached hydrogen (secondary N) is 1. The van der Waals surface area contributed by atoms with E-state index in [2.05, 4.69) is 10.4 Å². The summed E-state index contributed by atoms with van der Waals surface area (Å²) in [6.45, 7) is 0.694. The zero-order valence-electron chi connectivity index (χ0n) is 16.7. The summed E-state index contributed by atoms with van der Waals surface area (Å²) < 4.78 is 50.1. The number of hydrogen-bond donors (Lipinski definition) is 1. The van der Waals surface area contributed by atoms with Gasteiger partial charge in [0.25, 0.3) is 5.91 Å². The third kappa shape index (κ3) is 5.25. The zero-order chi connectivity index (χ0) is 22.6. The van der Waals surface area contributed by atoms with E-state index >= 15 is 0 Å². The van der Waals surface area contributed by atoms with E-state index in [9.17, 15) is 18.0 Å². The maximum atomic E-state index is 12.7. The van der Waals surface area contributed by atoms with Crippen molar-refractivity contribution in [1.29, 1.82) is 0 Å². The van der Waals surface area contributed by atoms with Crippen LogP contribution in [0.5, 0.6) is 0 Å². The van der Waals surface area contributed by atoms with Crippen molar-refractivity contribution in [3.8, 4) is 5.69 Å². The van der Waals surface area contributed by atoms with Gasteiger partial charge in [0.05, 0.1) is 18.6 Å². The molecule has 4 rings (SSSR count). The molecule has 0 bridgehead atoms. The van der Waals surface area contributed by atoms with Crippen molar-refractivity contribution < 1.29 is 27.1 Å². The van der Waals surface area contributed by atoms with E-state index in [1.54, 1.807) is 30.5 Å². The van der Waals surface area contributed by atoms with Crippen LogP contribution in [0.3, 0.4) is 0 Å². The van der Waals surface area contributed by atoms with Gasteiger partial charge in [0.15, 0.2) is 5.69 Å². The first kappa shape index (κ1) is 21.4. The van der Waals surface area contributed by atoms with Crippen molar-refractivity contribution in [2.45, 2.75) is 19.4 Å². The van der Waals surface area contributed by atoms with E-state index in [-0.39, 0.29) is 5.91 Å². The Hall–Kier alpha value is -3.85. The van der Waals surface area contributed by atoms with Gasteiger partial charge in [0, 0.05) is 17.4 Å². The molecule has 1 amide bonds. The van der Waals surface area contributed by atoms with Crippen LogP contribution in [0.2, 0.25) is 0 Å². The van der Waals surface area contributed by atoms with E-state index < -0.39 is 11.9 Å². The quantitative estimate of drug-likeness (QED) is 0.414. The summed E-state index contributed by atoms with van der Waals surface area (Å²) >= 11 is 0. The molecule has 0 fully saturated rings. The number of hydrogen-bond acceptors (Lipinski definition) is 4. The number of alkyl halides is 3. The molecule has 0 spiro atoms. The standard InChI is InChI=1S/C23H18F3N3O3/c24-23(25,26)21-10-11-29(28-21)19-8-6-17(7-9-19)22(30)27-18-4-1-3-16(13-18)14-31-15-20-5-2-12-32-20/h1-13H,14-15H2,(H,27,30). The molecule has 0 saturated heterocycles. The van der Waals surface area contributed by atoms with Gasteiger partial charge in [-0.3, -0.25) is 4.79 Å². The molecule has 0 saturated carbocycles. The van der Waals surface area contributed by atoms with Crippen LogP contribution in [0.15, 0.2) is 83.6 Å². The second kappa shape index (κ2) is 9.11. The largest absolute Gasteiger partial charge is 0.467 e. The van der Waals surface area contributed by atoms with Gasteiger partial charge in [-0.25, -0.2) is 4.68 Å². The monoisotopic (exact) mass is 441 g/mol. The second-order valence-electron chi connectivity index (χ2n) is 6.92. The number of furan rings is 1. The molecule has 0 aliphatic carbocycles. The number of carbonyl (C=O) groups excluding carboxylic acids is 1. The fourth-order valence-electron chi connectivity index (χ4n) is 2.99. The number of rotatable bonds is 7. The first-order chi connectivity index (χ1) is 15.4. The molecule has 164 valence electrons. The molecule has 0 aliphatic rings. The fraction of sp³-hybridized carbons (Fsp3) is 0.130. The van der Waals surface area contributed by atoms with Crippen LogP contribution in [0, 0.1) is 0 Å². The van der Waals surface area contributed by atoms with Crippen LogP contribution in [0.1, 0.15) is 27.4 Å². The van der Waals surface area contributed by atoms with Crippen molar-refractivity contribution in [2.24, 2.45) is 0 Å². The molecule has 9 heteroatoms. The maximum absolute atomic E-state index is 12.7. The van der Waals surface area contributed by atoms with E-state index in [4.69, 9.17) is 9.15 Å². The Morgan fingerprint density at radius 2 is 1.84 bits per heavy atom. The lowest BCUT2D eigenvalue weighted by Crippen LogP contribution is -2.12. The highest BCUT2D eigenvalue weighted by atomic mass is 19.4. The highest BCUT2D eigenvalue weighted by Gasteiger charge is 2.33. The van der Waals surface area contributed by atoms with Crippen LogP contribution in [-0.2, 0) is 24.1 Å². The van der Waals surface area contributed by atoms with Crippen molar-refractivity contribution in [3.63, 3.8) is 0 Å². The number of halogens is 3. The molecule has 0 atom stereocenters. The Kier molecular flexibility index (Phi) is 6.09. The molecule has 2 heterocycles. The predicted octanol–water partition coefficient (Wildman–Crippen LogP) is 5.45. The normalized spacial score (nSPS) is 11.5. The number of benzene rings is 2. The minimum Gasteiger partial charge on any atom is -0.467 e. The second-order valence-corrected chi connectivity index (χ2v) is 6.92. The van der Waals surface area contributed by atoms with Gasteiger partial charge in [0.2, 0.25) is 0 Å². The molecule has 6 nitrogen and oxygen atoms in total. The topological polar surface area (TPSA) is 69.3 Å². The average molecular weight is 441 g/mol. The highest BCUT2D eigenvalue weighted by Crippen LogP contribution is 2.28. The Morgan fingerprint density at radius 1 is 1.03 bits per heavy atom. The lowest BCUT2D eigenvalue weighted by molar-refractivity contribution is -0.141. The first-order valence-electron chi connectivity index (χ1n) is 9.62. The minimum atomic E-state index is -4.51. The number of carbonyl (C=O) groups is 1. The van der Waals surface area contributed by atoms with Crippen LogP contribution < -0.4 is 5.32 Å².